The first-order valence-electron chi connectivity index (χ1n) is 11.6. The summed E-state index contributed by atoms with van der Waals surface area (Å²) in [6, 6.07) is 0. The highest BCUT2D eigenvalue weighted by Gasteiger charge is 2.28. The van der Waals surface area contributed by atoms with Crippen LogP contribution in [-0.4, -0.2) is 152 Å². The lowest BCUT2D eigenvalue weighted by Gasteiger charge is -2.30. The van der Waals surface area contributed by atoms with Crippen LogP contribution in [0.15, 0.2) is 0 Å². The fourth-order valence-electron chi connectivity index (χ4n) is 2.23. The van der Waals surface area contributed by atoms with Gasteiger partial charge in [0, 0.05) is 94.0 Å². The van der Waals surface area contributed by atoms with Gasteiger partial charge in [0.1, 0.15) is 0 Å². The van der Waals surface area contributed by atoms with E-state index in [9.17, 15) is 14.4 Å². The Morgan fingerprint density at radius 3 is 1.09 bits per heavy atom. The van der Waals surface area contributed by atoms with E-state index in [4.69, 9.17) is 30.6 Å². The Kier molecular flexibility index (Phi) is 16.9. The smallest absolute Gasteiger partial charge is 0.304 e. The van der Waals surface area contributed by atoms with Gasteiger partial charge in [0.25, 0.3) is 0 Å². The average molecular weight is 510 g/mol. The Morgan fingerprint density at radius 2 is 0.971 bits per heavy atom. The van der Waals surface area contributed by atoms with Crippen molar-refractivity contribution in [1.82, 2.24) is 14.7 Å². The first-order chi connectivity index (χ1) is 16.0. The van der Waals surface area contributed by atoms with E-state index in [-0.39, 0.29) is 25.7 Å². The SMILES string of the molecule is CC(CO)C([SiH3])(CO)CO.O=C(O)CCN1CC1.O=C(O)CCN1CC1.O=C(O)CCN1CC1. The molecule has 6 N–H and O–H groups in total. The molecule has 0 aromatic heterocycles. The number of hydrogen-bond donors (Lipinski definition) is 6. The van der Waals surface area contributed by atoms with Crippen LogP contribution in [0.3, 0.4) is 0 Å². The molecule has 0 aliphatic carbocycles. The summed E-state index contributed by atoms with van der Waals surface area (Å²) in [6.07, 6.45) is 0.875. The quantitative estimate of drug-likeness (QED) is 0.113. The number of carboxylic acids is 3. The van der Waals surface area contributed by atoms with Gasteiger partial charge in [-0.15, -0.1) is 0 Å². The Balaban J connectivity index is 0.000000428. The second-order valence-corrected chi connectivity index (χ2v) is 11.0. The molecular formula is C21H43N3O9Si. The first kappa shape index (κ1) is 32.4. The molecule has 0 saturated carbocycles. The molecule has 0 amide bonds. The minimum Gasteiger partial charge on any atom is -0.481 e. The van der Waals surface area contributed by atoms with Crippen molar-refractivity contribution in [2.45, 2.75) is 31.2 Å². The second-order valence-electron chi connectivity index (χ2n) is 9.01. The number of carbonyl (C=O) groups is 3. The molecule has 3 heterocycles. The van der Waals surface area contributed by atoms with Gasteiger partial charge < -0.3 is 45.3 Å². The van der Waals surface area contributed by atoms with Crippen molar-refractivity contribution in [3.05, 3.63) is 0 Å². The van der Waals surface area contributed by atoms with Crippen molar-refractivity contribution in [2.24, 2.45) is 5.92 Å². The van der Waals surface area contributed by atoms with E-state index in [0.717, 1.165) is 58.9 Å². The molecule has 0 spiro atoms. The molecule has 3 fully saturated rings. The summed E-state index contributed by atoms with van der Waals surface area (Å²) in [4.78, 5) is 36.0. The molecule has 13 heteroatoms. The van der Waals surface area contributed by atoms with E-state index in [1.54, 1.807) is 0 Å². The molecule has 0 aromatic carbocycles. The topological polar surface area (TPSA) is 182 Å². The monoisotopic (exact) mass is 509 g/mol. The summed E-state index contributed by atoms with van der Waals surface area (Å²) in [5.41, 5.74) is 0. The molecule has 3 aliphatic heterocycles. The van der Waals surface area contributed by atoms with Gasteiger partial charge >= 0.3 is 17.9 Å². The first-order valence-corrected chi connectivity index (χ1v) is 12.6. The molecule has 1 atom stereocenters. The van der Waals surface area contributed by atoms with Crippen LogP contribution in [0.25, 0.3) is 0 Å². The fourth-order valence-corrected chi connectivity index (χ4v) is 2.41. The molecule has 0 aromatic rings. The largest absolute Gasteiger partial charge is 0.481 e. The molecule has 3 saturated heterocycles. The summed E-state index contributed by atoms with van der Waals surface area (Å²) in [6.45, 7) is 10.5. The van der Waals surface area contributed by atoms with Crippen molar-refractivity contribution in [3.63, 3.8) is 0 Å². The maximum atomic E-state index is 9.90. The van der Waals surface area contributed by atoms with Crippen LogP contribution in [0.1, 0.15) is 26.2 Å². The number of aliphatic hydroxyl groups excluding tert-OH is 3. The number of aliphatic hydroxyl groups is 3. The average Bonchev–Trinajstić information content (AvgIpc) is 3.67. The lowest BCUT2D eigenvalue weighted by atomic mass is 9.95. The summed E-state index contributed by atoms with van der Waals surface area (Å²) in [5, 5.41) is 50.5. The van der Waals surface area contributed by atoms with Gasteiger partial charge in [0.2, 0.25) is 0 Å². The zero-order valence-corrected chi connectivity index (χ0v) is 22.4. The summed E-state index contributed by atoms with van der Waals surface area (Å²) in [5.74, 6) is -2.10. The van der Waals surface area contributed by atoms with Gasteiger partial charge in [-0.2, -0.15) is 0 Å². The highest BCUT2D eigenvalue weighted by molar-refractivity contribution is 6.15. The van der Waals surface area contributed by atoms with Gasteiger partial charge in [-0.25, -0.2) is 0 Å². The third-order valence-electron chi connectivity index (χ3n) is 5.73. The summed E-state index contributed by atoms with van der Waals surface area (Å²) >= 11 is 0. The highest BCUT2D eigenvalue weighted by Crippen LogP contribution is 2.29. The maximum Gasteiger partial charge on any atom is 0.304 e. The van der Waals surface area contributed by atoms with Gasteiger partial charge in [-0.1, -0.05) is 6.92 Å². The second kappa shape index (κ2) is 17.8. The van der Waals surface area contributed by atoms with Gasteiger partial charge in [-0.3, -0.25) is 14.4 Å². The maximum absolute atomic E-state index is 9.90. The zero-order valence-electron chi connectivity index (χ0n) is 20.4. The van der Waals surface area contributed by atoms with E-state index in [2.05, 4.69) is 14.7 Å². The number of carboxylic acid groups (broad SMARTS) is 3. The number of rotatable bonds is 13. The van der Waals surface area contributed by atoms with Crippen LogP contribution in [0.2, 0.25) is 5.04 Å². The third kappa shape index (κ3) is 19.8. The Hall–Kier alpha value is -1.61. The van der Waals surface area contributed by atoms with Gasteiger partial charge in [-0.05, 0) is 5.92 Å². The number of hydrogen-bond acceptors (Lipinski definition) is 9. The Bertz CT molecular complexity index is 534. The van der Waals surface area contributed by atoms with E-state index in [1.807, 2.05) is 6.92 Å². The van der Waals surface area contributed by atoms with Crippen molar-refractivity contribution < 1.29 is 45.0 Å². The van der Waals surface area contributed by atoms with Crippen LogP contribution >= 0.6 is 0 Å². The number of aliphatic carboxylic acids is 3. The standard InChI is InChI=1S/C6H16O3Si.3C5H9NO2/c1-5(2-7)6(10,3-8)4-9;3*7-5(8)1-2-6-3-4-6/h5,7-9H,2-4H2,1,10H3;3*1-4H2,(H,7,8). The van der Waals surface area contributed by atoms with E-state index >= 15 is 0 Å². The van der Waals surface area contributed by atoms with E-state index in [1.165, 1.54) is 0 Å². The molecule has 0 bridgehead atoms. The molecular weight excluding hydrogens is 466 g/mol. The molecule has 34 heavy (non-hydrogen) atoms. The van der Waals surface area contributed by atoms with Crippen LogP contribution in [0.5, 0.6) is 0 Å². The molecule has 3 aliphatic rings. The van der Waals surface area contributed by atoms with E-state index in [0.29, 0.717) is 29.5 Å². The molecule has 0 radical (unpaired) electrons. The van der Waals surface area contributed by atoms with Gasteiger partial charge in [0.15, 0.2) is 0 Å². The van der Waals surface area contributed by atoms with Crippen LogP contribution in [0.4, 0.5) is 0 Å². The fraction of sp³-hybridized carbons (Fsp3) is 0.857. The minimum atomic E-state index is -0.697. The Morgan fingerprint density at radius 1 is 0.706 bits per heavy atom. The van der Waals surface area contributed by atoms with E-state index < -0.39 is 22.9 Å². The van der Waals surface area contributed by atoms with Crippen LogP contribution in [-0.2, 0) is 14.4 Å². The summed E-state index contributed by atoms with van der Waals surface area (Å²) in [7, 11) is 0.703. The predicted octanol–water partition coefficient (Wildman–Crippen LogP) is -2.55. The zero-order chi connectivity index (χ0) is 26.1. The molecule has 1 unspecified atom stereocenters. The predicted molar refractivity (Wildman–Crippen MR) is 129 cm³/mol. The third-order valence-corrected chi connectivity index (χ3v) is 7.35. The minimum absolute atomic E-state index is 0.00540. The number of nitrogens with zero attached hydrogens (tertiary/aromatic N) is 3. The molecule has 200 valence electrons. The summed E-state index contributed by atoms with van der Waals surface area (Å²) < 4.78 is 0. The van der Waals surface area contributed by atoms with Crippen molar-refractivity contribution in [1.29, 1.82) is 0 Å². The Labute approximate surface area is 204 Å². The normalized spacial score (nSPS) is 17.6. The lowest BCUT2D eigenvalue weighted by molar-refractivity contribution is -0.138. The van der Waals surface area contributed by atoms with Gasteiger partial charge in [0.05, 0.1) is 19.3 Å². The lowest BCUT2D eigenvalue weighted by Crippen LogP contribution is -2.31. The van der Waals surface area contributed by atoms with Crippen LogP contribution < -0.4 is 0 Å². The van der Waals surface area contributed by atoms with Crippen molar-refractivity contribution >= 4 is 28.2 Å². The van der Waals surface area contributed by atoms with Crippen molar-refractivity contribution in [3.8, 4) is 0 Å². The molecule has 12 nitrogen and oxygen atoms in total. The van der Waals surface area contributed by atoms with Crippen molar-refractivity contribution in [2.75, 3.05) is 78.7 Å². The highest BCUT2D eigenvalue weighted by atomic mass is 28.1. The van der Waals surface area contributed by atoms with Crippen LogP contribution in [0, 0.1) is 5.92 Å². The molecule has 3 rings (SSSR count).